The van der Waals surface area contributed by atoms with Crippen LogP contribution in [0, 0.1) is 6.92 Å². The molecule has 0 atom stereocenters. The minimum atomic E-state index is -0.204. The van der Waals surface area contributed by atoms with Gasteiger partial charge in [0.2, 0.25) is 11.8 Å². The number of furan rings is 1. The molecule has 0 fully saturated rings. The van der Waals surface area contributed by atoms with Gasteiger partial charge >= 0.3 is 0 Å². The van der Waals surface area contributed by atoms with Gasteiger partial charge in [0.15, 0.2) is 11.4 Å². The zero-order valence-corrected chi connectivity index (χ0v) is 21.0. The van der Waals surface area contributed by atoms with E-state index in [4.69, 9.17) is 24.1 Å². The van der Waals surface area contributed by atoms with Crippen LogP contribution in [-0.2, 0) is 24.4 Å². The highest BCUT2D eigenvalue weighted by Gasteiger charge is 2.20. The van der Waals surface area contributed by atoms with E-state index in [9.17, 15) is 0 Å². The molecule has 5 aromatic rings. The maximum atomic E-state index is 5.88. The monoisotopic (exact) mass is 482 g/mol. The van der Waals surface area contributed by atoms with Crippen molar-refractivity contribution in [2.45, 2.75) is 52.9 Å². The Morgan fingerprint density at radius 2 is 1.69 bits per heavy atom. The molecule has 0 aliphatic rings. The summed E-state index contributed by atoms with van der Waals surface area (Å²) < 4.78 is 13.5. The van der Waals surface area contributed by atoms with E-state index in [2.05, 4.69) is 43.3 Å². The summed E-state index contributed by atoms with van der Waals surface area (Å²) in [6.45, 7) is 9.13. The van der Waals surface area contributed by atoms with Crippen molar-refractivity contribution in [3.63, 3.8) is 0 Å². The van der Waals surface area contributed by atoms with E-state index >= 15 is 0 Å². The summed E-state index contributed by atoms with van der Waals surface area (Å²) in [6, 6.07) is 20.0. The summed E-state index contributed by atoms with van der Waals surface area (Å²) in [5, 5.41) is 7.97. The van der Waals surface area contributed by atoms with Crippen molar-refractivity contribution >= 4 is 11.6 Å². The van der Waals surface area contributed by atoms with Crippen molar-refractivity contribution in [2.24, 2.45) is 0 Å². The quantitative estimate of drug-likeness (QED) is 0.308. The number of nitrogens with zero attached hydrogens (tertiary/aromatic N) is 5. The summed E-state index contributed by atoms with van der Waals surface area (Å²) in [5.74, 6) is 2.58. The van der Waals surface area contributed by atoms with Crippen molar-refractivity contribution in [3.05, 3.63) is 95.1 Å². The minimum absolute atomic E-state index is 0.204. The van der Waals surface area contributed by atoms with Crippen LogP contribution in [-0.4, -0.2) is 30.1 Å². The van der Waals surface area contributed by atoms with Crippen molar-refractivity contribution in [2.75, 3.05) is 5.32 Å². The van der Waals surface area contributed by atoms with Gasteiger partial charge < -0.3 is 14.5 Å². The summed E-state index contributed by atoms with van der Waals surface area (Å²) in [5.41, 5.74) is 4.41. The molecule has 0 radical (unpaired) electrons. The average molecular weight is 483 g/mol. The van der Waals surface area contributed by atoms with Crippen LogP contribution < -0.4 is 5.32 Å². The SMILES string of the molecule is Cc1ccc(-c2nc(NC(C)(C)C)nc3c(Cc4cccc(COCc5ccccc5)n4)cnn23)o1. The summed E-state index contributed by atoms with van der Waals surface area (Å²) >= 11 is 0. The average Bonchev–Trinajstić information content (AvgIpc) is 3.45. The lowest BCUT2D eigenvalue weighted by Gasteiger charge is -2.20. The van der Waals surface area contributed by atoms with Crippen LogP contribution in [0.4, 0.5) is 5.95 Å². The summed E-state index contributed by atoms with van der Waals surface area (Å²) in [7, 11) is 0. The van der Waals surface area contributed by atoms with Crippen LogP contribution in [0.5, 0.6) is 0 Å². The second-order valence-corrected chi connectivity index (χ2v) is 9.84. The normalized spacial score (nSPS) is 11.8. The first-order valence-electron chi connectivity index (χ1n) is 12.0. The van der Waals surface area contributed by atoms with Crippen molar-refractivity contribution in [3.8, 4) is 11.6 Å². The number of nitrogens with one attached hydrogen (secondary N) is 1. The van der Waals surface area contributed by atoms with Crippen molar-refractivity contribution < 1.29 is 9.15 Å². The van der Waals surface area contributed by atoms with Crippen LogP contribution in [0.3, 0.4) is 0 Å². The first kappa shape index (κ1) is 23.7. The van der Waals surface area contributed by atoms with Crippen LogP contribution >= 0.6 is 0 Å². The van der Waals surface area contributed by atoms with Gasteiger partial charge in [-0.1, -0.05) is 36.4 Å². The highest BCUT2D eigenvalue weighted by Crippen LogP contribution is 2.25. The molecular weight excluding hydrogens is 452 g/mol. The fourth-order valence-electron chi connectivity index (χ4n) is 3.90. The molecule has 8 nitrogen and oxygen atoms in total. The van der Waals surface area contributed by atoms with Gasteiger partial charge in [-0.3, -0.25) is 4.98 Å². The molecule has 184 valence electrons. The Hall–Kier alpha value is -4.04. The largest absolute Gasteiger partial charge is 0.458 e. The lowest BCUT2D eigenvalue weighted by atomic mass is 10.1. The highest BCUT2D eigenvalue weighted by atomic mass is 16.5. The number of hydrogen-bond donors (Lipinski definition) is 1. The third-order valence-electron chi connectivity index (χ3n) is 5.49. The van der Waals surface area contributed by atoms with Crippen LogP contribution in [0.1, 0.15) is 49.0 Å². The Morgan fingerprint density at radius 1 is 0.889 bits per heavy atom. The number of aromatic nitrogens is 5. The summed E-state index contributed by atoms with van der Waals surface area (Å²) in [4.78, 5) is 14.3. The molecule has 0 unspecified atom stereocenters. The van der Waals surface area contributed by atoms with E-state index in [0.717, 1.165) is 28.3 Å². The predicted molar refractivity (Wildman–Crippen MR) is 139 cm³/mol. The Morgan fingerprint density at radius 3 is 2.44 bits per heavy atom. The van der Waals surface area contributed by atoms with Gasteiger partial charge in [-0.25, -0.2) is 0 Å². The predicted octanol–water partition coefficient (Wildman–Crippen LogP) is 5.61. The Bertz CT molecular complexity index is 1470. The molecule has 0 amide bonds. The first-order chi connectivity index (χ1) is 17.3. The molecule has 5 rings (SSSR count). The van der Waals surface area contributed by atoms with E-state index in [-0.39, 0.29) is 5.54 Å². The van der Waals surface area contributed by atoms with E-state index in [1.54, 1.807) is 4.52 Å². The zero-order valence-electron chi connectivity index (χ0n) is 21.0. The molecule has 1 aromatic carbocycles. The number of anilines is 1. The molecule has 36 heavy (non-hydrogen) atoms. The molecule has 1 N–H and O–H groups in total. The fourth-order valence-corrected chi connectivity index (χ4v) is 3.90. The van der Waals surface area contributed by atoms with Crippen LogP contribution in [0.25, 0.3) is 17.2 Å². The van der Waals surface area contributed by atoms with Gasteiger partial charge in [0.25, 0.3) is 0 Å². The standard InChI is InChI=1S/C28H30N6O2/c1-19-13-14-24(36-19)26-32-27(33-28(2,3)4)31-25-21(16-29-34(25)26)15-22-11-8-12-23(30-22)18-35-17-20-9-6-5-7-10-20/h5-14,16H,15,17-18H2,1-4H3,(H,31,33). The molecule has 0 aliphatic carbocycles. The molecule has 0 saturated carbocycles. The second-order valence-electron chi connectivity index (χ2n) is 9.84. The van der Waals surface area contributed by atoms with Gasteiger partial charge in [0.05, 0.1) is 25.1 Å². The van der Waals surface area contributed by atoms with Crippen molar-refractivity contribution in [1.29, 1.82) is 0 Å². The number of benzene rings is 1. The number of aryl methyl sites for hydroxylation is 1. The van der Waals surface area contributed by atoms with Gasteiger partial charge in [-0.15, -0.1) is 0 Å². The molecule has 0 saturated heterocycles. The number of hydrogen-bond acceptors (Lipinski definition) is 7. The molecule has 4 heterocycles. The Kier molecular flexibility index (Phi) is 6.52. The number of pyridine rings is 1. The number of rotatable bonds is 8. The van der Waals surface area contributed by atoms with E-state index in [1.165, 1.54) is 0 Å². The first-order valence-corrected chi connectivity index (χ1v) is 12.0. The maximum Gasteiger partial charge on any atom is 0.227 e. The lowest BCUT2D eigenvalue weighted by Crippen LogP contribution is -2.27. The molecule has 0 aliphatic heterocycles. The third kappa shape index (κ3) is 5.60. The fraction of sp³-hybridized carbons (Fsp3) is 0.286. The minimum Gasteiger partial charge on any atom is -0.458 e. The smallest absolute Gasteiger partial charge is 0.227 e. The van der Waals surface area contributed by atoms with Crippen molar-refractivity contribution in [1.82, 2.24) is 24.6 Å². The molecule has 0 bridgehead atoms. The lowest BCUT2D eigenvalue weighted by molar-refractivity contribution is 0.104. The van der Waals surface area contributed by atoms with Gasteiger partial charge in [0.1, 0.15) is 5.76 Å². The Balaban J connectivity index is 1.41. The summed E-state index contributed by atoms with van der Waals surface area (Å²) in [6.07, 6.45) is 2.41. The third-order valence-corrected chi connectivity index (χ3v) is 5.49. The second kappa shape index (κ2) is 9.91. The van der Waals surface area contributed by atoms with Gasteiger partial charge in [-0.2, -0.15) is 19.6 Å². The van der Waals surface area contributed by atoms with Crippen LogP contribution in [0.15, 0.2) is 71.3 Å². The highest BCUT2D eigenvalue weighted by molar-refractivity contribution is 5.60. The molecule has 4 aromatic heterocycles. The molecule has 0 spiro atoms. The van der Waals surface area contributed by atoms with Gasteiger partial charge in [0, 0.05) is 23.2 Å². The number of fused-ring (bicyclic) bond motifs is 1. The topological polar surface area (TPSA) is 90.4 Å². The Labute approximate surface area is 210 Å². The van der Waals surface area contributed by atoms with Crippen LogP contribution in [0.2, 0.25) is 0 Å². The van der Waals surface area contributed by atoms with Gasteiger partial charge in [-0.05, 0) is 57.5 Å². The molecule has 8 heteroatoms. The molecular formula is C28H30N6O2. The van der Waals surface area contributed by atoms with E-state index < -0.39 is 0 Å². The zero-order chi connectivity index (χ0) is 25.1. The number of ether oxygens (including phenoxy) is 1. The maximum absolute atomic E-state index is 5.88. The van der Waals surface area contributed by atoms with E-state index in [0.29, 0.717) is 42.8 Å². The van der Waals surface area contributed by atoms with E-state index in [1.807, 2.05) is 61.7 Å².